The summed E-state index contributed by atoms with van der Waals surface area (Å²) in [5.41, 5.74) is 0.866. The second kappa shape index (κ2) is 8.32. The molecule has 0 saturated carbocycles. The van der Waals surface area contributed by atoms with Gasteiger partial charge in [-0.25, -0.2) is 4.79 Å². The molecule has 2 fully saturated rings. The molecule has 27 heavy (non-hydrogen) atoms. The monoisotopic (exact) mass is 372 g/mol. The van der Waals surface area contributed by atoms with Gasteiger partial charge in [0.2, 0.25) is 5.91 Å². The molecule has 0 radical (unpaired) electrons. The van der Waals surface area contributed by atoms with Crippen LogP contribution in [0.5, 0.6) is 0 Å². The van der Waals surface area contributed by atoms with E-state index in [1.807, 2.05) is 30.3 Å². The highest BCUT2D eigenvalue weighted by Crippen LogP contribution is 2.33. The average Bonchev–Trinajstić information content (AvgIpc) is 2.66. The fraction of sp³-hybridized carbons (Fsp3) is 0.636. The smallest absolute Gasteiger partial charge is 0.410 e. The number of piperidine rings is 2. The highest BCUT2D eigenvalue weighted by Gasteiger charge is 2.40. The van der Waals surface area contributed by atoms with Crippen LogP contribution in [0.4, 0.5) is 4.79 Å². The Labute approximate surface area is 162 Å². The Morgan fingerprint density at radius 2 is 1.89 bits per heavy atom. The molecule has 148 valence electrons. The van der Waals surface area contributed by atoms with Crippen molar-refractivity contribution in [1.29, 1.82) is 0 Å². The van der Waals surface area contributed by atoms with E-state index in [1.54, 1.807) is 4.90 Å². The van der Waals surface area contributed by atoms with Gasteiger partial charge in [0.15, 0.2) is 0 Å². The van der Waals surface area contributed by atoms with Crippen LogP contribution < -0.4 is 0 Å². The lowest BCUT2D eigenvalue weighted by Crippen LogP contribution is -2.56. The molecule has 1 aromatic carbocycles. The molecule has 2 aliphatic rings. The molecule has 2 aliphatic heterocycles. The van der Waals surface area contributed by atoms with E-state index in [2.05, 4.69) is 25.7 Å². The van der Waals surface area contributed by atoms with E-state index in [1.165, 1.54) is 0 Å². The Kier molecular flexibility index (Phi) is 6.08. The van der Waals surface area contributed by atoms with Gasteiger partial charge in [-0.15, -0.1) is 0 Å². The molecule has 0 bridgehead atoms. The molecular weight excluding hydrogens is 340 g/mol. The fourth-order valence-electron chi connectivity index (χ4n) is 4.50. The van der Waals surface area contributed by atoms with Gasteiger partial charge in [-0.05, 0) is 51.0 Å². The molecule has 3 rings (SSSR count). The summed E-state index contributed by atoms with van der Waals surface area (Å²) in [7, 11) is 0. The van der Waals surface area contributed by atoms with E-state index >= 15 is 0 Å². The first-order chi connectivity index (χ1) is 12.9. The predicted octanol–water partition coefficient (Wildman–Crippen LogP) is 4.07. The maximum atomic E-state index is 13.2. The van der Waals surface area contributed by atoms with Crippen LogP contribution in [0.15, 0.2) is 30.3 Å². The quantitative estimate of drug-likeness (QED) is 0.803. The Morgan fingerprint density at radius 3 is 2.59 bits per heavy atom. The Bertz CT molecular complexity index is 659. The third-order valence-electron chi connectivity index (χ3n) is 5.92. The van der Waals surface area contributed by atoms with Crippen molar-refractivity contribution in [3.8, 4) is 0 Å². The highest BCUT2D eigenvalue weighted by atomic mass is 16.6. The second-order valence-corrected chi connectivity index (χ2v) is 8.73. The van der Waals surface area contributed by atoms with Crippen molar-refractivity contribution in [2.45, 2.75) is 58.6 Å². The highest BCUT2D eigenvalue weighted by molar-refractivity contribution is 5.81. The Morgan fingerprint density at radius 1 is 1.15 bits per heavy atom. The molecule has 2 heterocycles. The van der Waals surface area contributed by atoms with Crippen molar-refractivity contribution in [3.05, 3.63) is 35.9 Å². The number of nitrogens with zero attached hydrogens (tertiary/aromatic N) is 2. The summed E-state index contributed by atoms with van der Waals surface area (Å²) < 4.78 is 5.46. The first kappa shape index (κ1) is 19.7. The lowest BCUT2D eigenvalue weighted by molar-refractivity contribution is -0.145. The summed E-state index contributed by atoms with van der Waals surface area (Å²) in [5.74, 6) is 0.739. The minimum atomic E-state index is -0.317. The van der Waals surface area contributed by atoms with Crippen LogP contribution >= 0.6 is 0 Å². The minimum Gasteiger partial charge on any atom is -0.445 e. The zero-order valence-electron chi connectivity index (χ0n) is 16.8. The average molecular weight is 373 g/mol. The van der Waals surface area contributed by atoms with Gasteiger partial charge in [-0.3, -0.25) is 4.79 Å². The van der Waals surface area contributed by atoms with E-state index in [0.717, 1.165) is 37.8 Å². The van der Waals surface area contributed by atoms with Crippen molar-refractivity contribution < 1.29 is 14.3 Å². The summed E-state index contributed by atoms with van der Waals surface area (Å²) in [6, 6.07) is 9.68. The van der Waals surface area contributed by atoms with Crippen molar-refractivity contribution in [3.63, 3.8) is 0 Å². The lowest BCUT2D eigenvalue weighted by Gasteiger charge is -2.47. The minimum absolute atomic E-state index is 0.106. The summed E-state index contributed by atoms with van der Waals surface area (Å²) in [6.07, 6.45) is 3.48. The number of carbonyl (C=O) groups excluding carboxylic acids is 2. The molecule has 2 atom stereocenters. The van der Waals surface area contributed by atoms with Gasteiger partial charge in [-0.1, -0.05) is 37.3 Å². The third kappa shape index (κ3) is 4.82. The number of carbonyl (C=O) groups is 2. The molecule has 5 nitrogen and oxygen atoms in total. The number of ether oxygens (including phenoxy) is 1. The maximum absolute atomic E-state index is 13.2. The maximum Gasteiger partial charge on any atom is 0.410 e. The van der Waals surface area contributed by atoms with Crippen LogP contribution in [0, 0.1) is 11.8 Å². The third-order valence-corrected chi connectivity index (χ3v) is 5.92. The van der Waals surface area contributed by atoms with Crippen molar-refractivity contribution in [1.82, 2.24) is 9.80 Å². The summed E-state index contributed by atoms with van der Waals surface area (Å²) in [6.45, 7) is 8.80. The Hall–Kier alpha value is -2.04. The molecule has 5 heteroatoms. The first-order valence-electron chi connectivity index (χ1n) is 10.1. The number of hydrogen-bond donors (Lipinski definition) is 0. The molecule has 2 amide bonds. The number of likely N-dealkylation sites (tertiary alicyclic amines) is 2. The normalized spacial score (nSPS) is 25.1. The Balaban J connectivity index is 1.57. The van der Waals surface area contributed by atoms with Gasteiger partial charge in [0.05, 0.1) is 5.92 Å². The van der Waals surface area contributed by atoms with Gasteiger partial charge < -0.3 is 14.5 Å². The van der Waals surface area contributed by atoms with Crippen molar-refractivity contribution in [2.75, 3.05) is 19.6 Å². The van der Waals surface area contributed by atoms with Crippen LogP contribution in [-0.2, 0) is 16.1 Å². The van der Waals surface area contributed by atoms with Crippen molar-refractivity contribution in [2.24, 2.45) is 11.8 Å². The molecule has 1 unspecified atom stereocenters. The summed E-state index contributed by atoms with van der Waals surface area (Å²) in [5, 5.41) is 0. The van der Waals surface area contributed by atoms with Gasteiger partial charge in [0, 0.05) is 25.2 Å². The topological polar surface area (TPSA) is 49.9 Å². The SMILES string of the molecule is CC1CCN(C(=O)[C@@H]2CCCN(C(=O)OCc3ccccc3)C2)C(C)(C)C1. The molecule has 0 aliphatic carbocycles. The van der Waals surface area contributed by atoms with Crippen molar-refractivity contribution >= 4 is 12.0 Å². The summed E-state index contributed by atoms with van der Waals surface area (Å²) >= 11 is 0. The van der Waals surface area contributed by atoms with E-state index in [4.69, 9.17) is 4.74 Å². The predicted molar refractivity (Wildman–Crippen MR) is 105 cm³/mol. The van der Waals surface area contributed by atoms with E-state index < -0.39 is 0 Å². The molecular formula is C22H32N2O3. The lowest BCUT2D eigenvalue weighted by atomic mass is 9.82. The van der Waals surface area contributed by atoms with E-state index in [-0.39, 0.29) is 30.1 Å². The van der Waals surface area contributed by atoms with Gasteiger partial charge in [0.1, 0.15) is 6.61 Å². The van der Waals surface area contributed by atoms with Crippen LogP contribution in [0.1, 0.15) is 52.0 Å². The molecule has 0 spiro atoms. The second-order valence-electron chi connectivity index (χ2n) is 8.73. The molecule has 0 N–H and O–H groups in total. The van der Waals surface area contributed by atoms with Gasteiger partial charge in [0.25, 0.3) is 0 Å². The van der Waals surface area contributed by atoms with Gasteiger partial charge >= 0.3 is 6.09 Å². The molecule has 2 saturated heterocycles. The standard InChI is InChI=1S/C22H32N2O3/c1-17-11-13-24(22(2,3)14-17)20(25)19-10-7-12-23(15-19)21(26)27-16-18-8-5-4-6-9-18/h4-6,8-9,17,19H,7,10-16H2,1-3H3/t17?,19-/m1/s1. The zero-order chi connectivity index (χ0) is 19.4. The van der Waals surface area contributed by atoms with Gasteiger partial charge in [-0.2, -0.15) is 0 Å². The largest absolute Gasteiger partial charge is 0.445 e. The fourth-order valence-corrected chi connectivity index (χ4v) is 4.50. The van der Waals surface area contributed by atoms with Crippen LogP contribution in [0.3, 0.4) is 0 Å². The summed E-state index contributed by atoms with van der Waals surface area (Å²) in [4.78, 5) is 29.4. The molecule has 0 aromatic heterocycles. The zero-order valence-corrected chi connectivity index (χ0v) is 16.8. The number of hydrogen-bond acceptors (Lipinski definition) is 3. The molecule has 1 aromatic rings. The number of amides is 2. The number of benzene rings is 1. The van der Waals surface area contributed by atoms with Crippen LogP contribution in [-0.4, -0.2) is 47.0 Å². The van der Waals surface area contributed by atoms with Crippen LogP contribution in [0.25, 0.3) is 0 Å². The number of rotatable bonds is 3. The van der Waals surface area contributed by atoms with Crippen LogP contribution in [0.2, 0.25) is 0 Å². The first-order valence-corrected chi connectivity index (χ1v) is 10.1. The van der Waals surface area contributed by atoms with E-state index in [0.29, 0.717) is 19.0 Å². The van der Waals surface area contributed by atoms with E-state index in [9.17, 15) is 9.59 Å².